The Kier molecular flexibility index (Phi) is 1.33. The molecule has 1 aromatic heterocycles. The molecule has 0 N–H and O–H groups in total. The third-order valence-electron chi connectivity index (χ3n) is 1.99. The quantitative estimate of drug-likeness (QED) is 0.616. The summed E-state index contributed by atoms with van der Waals surface area (Å²) < 4.78 is 1.65. The van der Waals surface area contributed by atoms with Crippen molar-refractivity contribution in [1.82, 2.24) is 9.47 Å². The Morgan fingerprint density at radius 1 is 1.42 bits per heavy atom. The molecule has 12 heavy (non-hydrogen) atoms. The van der Waals surface area contributed by atoms with E-state index in [2.05, 4.69) is 0 Å². The summed E-state index contributed by atoms with van der Waals surface area (Å²) in [5.74, 6) is 0.0405. The summed E-state index contributed by atoms with van der Waals surface area (Å²) >= 11 is 0. The van der Waals surface area contributed by atoms with Crippen molar-refractivity contribution < 1.29 is 4.79 Å². The lowest BCUT2D eigenvalue weighted by molar-refractivity contribution is 0.0974. The summed E-state index contributed by atoms with van der Waals surface area (Å²) in [6.45, 7) is 0. The van der Waals surface area contributed by atoms with Crippen molar-refractivity contribution in [3.63, 3.8) is 0 Å². The maximum atomic E-state index is 11.3. The van der Waals surface area contributed by atoms with E-state index in [4.69, 9.17) is 0 Å². The monoisotopic (exact) mass is 162 g/mol. The molecule has 1 aliphatic rings. The average Bonchev–Trinajstić information content (AvgIpc) is 2.53. The summed E-state index contributed by atoms with van der Waals surface area (Å²) in [7, 11) is 3.86. The SMILES string of the molecule is CN(C)C1=CC(=O)n2cccc21. The van der Waals surface area contributed by atoms with Gasteiger partial charge in [0, 0.05) is 26.4 Å². The molecule has 0 unspecified atom stereocenters. The van der Waals surface area contributed by atoms with E-state index in [1.54, 1.807) is 16.8 Å². The molecule has 0 aliphatic carbocycles. The normalized spacial score (nSPS) is 14.5. The van der Waals surface area contributed by atoms with Crippen LogP contribution in [-0.2, 0) is 0 Å². The molecular formula is C9H10N2O. The molecule has 1 aromatic rings. The molecule has 0 saturated carbocycles. The Balaban J connectivity index is 2.55. The van der Waals surface area contributed by atoms with Crippen LogP contribution < -0.4 is 0 Å². The second kappa shape index (κ2) is 2.24. The zero-order valence-corrected chi connectivity index (χ0v) is 7.11. The molecule has 1 aliphatic heterocycles. The fraction of sp³-hybridized carbons (Fsp3) is 0.222. The van der Waals surface area contributed by atoms with Crippen LogP contribution in [0.4, 0.5) is 0 Å². The largest absolute Gasteiger partial charge is 0.376 e. The maximum Gasteiger partial charge on any atom is 0.257 e. The van der Waals surface area contributed by atoms with Gasteiger partial charge in [0.2, 0.25) is 0 Å². The van der Waals surface area contributed by atoms with Crippen LogP contribution in [-0.4, -0.2) is 29.5 Å². The molecule has 0 fully saturated rings. The van der Waals surface area contributed by atoms with E-state index in [9.17, 15) is 4.79 Å². The molecule has 0 atom stereocenters. The van der Waals surface area contributed by atoms with E-state index >= 15 is 0 Å². The maximum absolute atomic E-state index is 11.3. The van der Waals surface area contributed by atoms with Crippen molar-refractivity contribution in [1.29, 1.82) is 0 Å². The van der Waals surface area contributed by atoms with Gasteiger partial charge in [0.15, 0.2) is 0 Å². The third-order valence-corrected chi connectivity index (χ3v) is 1.99. The van der Waals surface area contributed by atoms with Crippen LogP contribution in [0.1, 0.15) is 10.5 Å². The van der Waals surface area contributed by atoms with Crippen LogP contribution in [0.15, 0.2) is 24.4 Å². The lowest BCUT2D eigenvalue weighted by atomic mass is 10.3. The minimum absolute atomic E-state index is 0.0405. The highest BCUT2D eigenvalue weighted by molar-refractivity contribution is 6.02. The minimum Gasteiger partial charge on any atom is -0.376 e. The van der Waals surface area contributed by atoms with Gasteiger partial charge in [-0.25, -0.2) is 0 Å². The fourth-order valence-corrected chi connectivity index (χ4v) is 1.40. The van der Waals surface area contributed by atoms with E-state index in [1.807, 2.05) is 31.1 Å². The van der Waals surface area contributed by atoms with Gasteiger partial charge < -0.3 is 4.90 Å². The second-order valence-corrected chi connectivity index (χ2v) is 3.03. The molecule has 2 heterocycles. The molecule has 3 nitrogen and oxygen atoms in total. The number of allylic oxidation sites excluding steroid dienone is 1. The Labute approximate surface area is 70.9 Å². The van der Waals surface area contributed by atoms with E-state index in [1.165, 1.54) is 0 Å². The van der Waals surface area contributed by atoms with Crippen molar-refractivity contribution in [3.05, 3.63) is 30.1 Å². The Hall–Kier alpha value is -1.51. The van der Waals surface area contributed by atoms with Gasteiger partial charge >= 0.3 is 0 Å². The van der Waals surface area contributed by atoms with Crippen LogP contribution in [0.2, 0.25) is 0 Å². The highest BCUT2D eigenvalue weighted by Crippen LogP contribution is 2.23. The first kappa shape index (κ1) is 7.16. The molecule has 3 heteroatoms. The zero-order chi connectivity index (χ0) is 8.72. The van der Waals surface area contributed by atoms with Gasteiger partial charge in [-0.3, -0.25) is 9.36 Å². The number of fused-ring (bicyclic) bond motifs is 1. The topological polar surface area (TPSA) is 25.2 Å². The predicted octanol–water partition coefficient (Wildman–Crippen LogP) is 1.04. The van der Waals surface area contributed by atoms with Gasteiger partial charge in [0.1, 0.15) is 0 Å². The van der Waals surface area contributed by atoms with Crippen LogP contribution in [0.5, 0.6) is 0 Å². The molecule has 0 amide bonds. The summed E-state index contributed by atoms with van der Waals surface area (Å²) in [6, 6.07) is 3.82. The van der Waals surface area contributed by atoms with Crippen LogP contribution in [0, 0.1) is 0 Å². The average molecular weight is 162 g/mol. The molecule has 0 spiro atoms. The molecule has 62 valence electrons. The number of carbonyl (C=O) groups is 1. The molecular weight excluding hydrogens is 152 g/mol. The lowest BCUT2D eigenvalue weighted by Gasteiger charge is -2.12. The smallest absolute Gasteiger partial charge is 0.257 e. The molecule has 0 bridgehead atoms. The number of hydrogen-bond acceptors (Lipinski definition) is 2. The Morgan fingerprint density at radius 3 is 2.83 bits per heavy atom. The van der Waals surface area contributed by atoms with Crippen molar-refractivity contribution in [2.75, 3.05) is 14.1 Å². The van der Waals surface area contributed by atoms with E-state index in [0.717, 1.165) is 11.4 Å². The van der Waals surface area contributed by atoms with Crippen LogP contribution in [0.3, 0.4) is 0 Å². The number of carbonyl (C=O) groups excluding carboxylic acids is 1. The minimum atomic E-state index is 0.0405. The first-order valence-corrected chi connectivity index (χ1v) is 3.81. The van der Waals surface area contributed by atoms with Gasteiger partial charge in [0.25, 0.3) is 5.91 Å². The predicted molar refractivity (Wildman–Crippen MR) is 46.7 cm³/mol. The summed E-state index contributed by atoms with van der Waals surface area (Å²) in [6.07, 6.45) is 3.43. The highest BCUT2D eigenvalue weighted by Gasteiger charge is 2.20. The first-order valence-electron chi connectivity index (χ1n) is 3.81. The first-order chi connectivity index (χ1) is 5.70. The zero-order valence-electron chi connectivity index (χ0n) is 7.11. The van der Waals surface area contributed by atoms with E-state index < -0.39 is 0 Å². The van der Waals surface area contributed by atoms with Gasteiger partial charge in [-0.15, -0.1) is 0 Å². The Bertz CT molecular complexity index is 360. The number of nitrogens with zero attached hydrogens (tertiary/aromatic N) is 2. The van der Waals surface area contributed by atoms with Gasteiger partial charge in [0.05, 0.1) is 11.4 Å². The molecule has 0 radical (unpaired) electrons. The number of rotatable bonds is 1. The van der Waals surface area contributed by atoms with Crippen molar-refractivity contribution >= 4 is 11.6 Å². The third kappa shape index (κ3) is 0.794. The standard InChI is InChI=1S/C9H10N2O/c1-10(2)8-6-9(12)11-5-3-4-7(8)11/h3-6H,1-2H3. The van der Waals surface area contributed by atoms with Crippen molar-refractivity contribution in [3.8, 4) is 0 Å². The second-order valence-electron chi connectivity index (χ2n) is 3.03. The molecule has 0 aromatic carbocycles. The van der Waals surface area contributed by atoms with Gasteiger partial charge in [-0.05, 0) is 12.1 Å². The van der Waals surface area contributed by atoms with E-state index in [-0.39, 0.29) is 5.91 Å². The molecule has 2 rings (SSSR count). The van der Waals surface area contributed by atoms with Crippen molar-refractivity contribution in [2.45, 2.75) is 0 Å². The lowest BCUT2D eigenvalue weighted by Crippen LogP contribution is -2.08. The molecule has 0 saturated heterocycles. The van der Waals surface area contributed by atoms with E-state index in [0.29, 0.717) is 0 Å². The fourth-order valence-electron chi connectivity index (χ4n) is 1.40. The van der Waals surface area contributed by atoms with Gasteiger partial charge in [-0.2, -0.15) is 0 Å². The highest BCUT2D eigenvalue weighted by atomic mass is 16.2. The summed E-state index contributed by atoms with van der Waals surface area (Å²) in [5.41, 5.74) is 1.95. The van der Waals surface area contributed by atoms with Crippen LogP contribution in [0.25, 0.3) is 5.70 Å². The number of aromatic nitrogens is 1. The van der Waals surface area contributed by atoms with Crippen LogP contribution >= 0.6 is 0 Å². The number of hydrogen-bond donors (Lipinski definition) is 0. The van der Waals surface area contributed by atoms with Crippen molar-refractivity contribution in [2.24, 2.45) is 0 Å². The Morgan fingerprint density at radius 2 is 2.17 bits per heavy atom. The van der Waals surface area contributed by atoms with Gasteiger partial charge in [-0.1, -0.05) is 0 Å². The summed E-state index contributed by atoms with van der Waals surface area (Å²) in [4.78, 5) is 13.2. The summed E-state index contributed by atoms with van der Waals surface area (Å²) in [5, 5.41) is 0.